The quantitative estimate of drug-likeness (QED) is 0.659. The summed E-state index contributed by atoms with van der Waals surface area (Å²) in [6.07, 6.45) is 2.34. The van der Waals surface area contributed by atoms with Crippen LogP contribution in [-0.2, 0) is 9.59 Å². The SMILES string of the molecule is CC1=CC(C(=O)O)CCC1(C)C(=O)O. The zero-order valence-corrected chi connectivity index (χ0v) is 8.28. The summed E-state index contributed by atoms with van der Waals surface area (Å²) in [5, 5.41) is 17.8. The second-order valence-corrected chi connectivity index (χ2v) is 3.97. The van der Waals surface area contributed by atoms with Crippen LogP contribution in [0.4, 0.5) is 0 Å². The van der Waals surface area contributed by atoms with Gasteiger partial charge >= 0.3 is 11.9 Å². The van der Waals surface area contributed by atoms with E-state index in [1.165, 1.54) is 0 Å². The number of rotatable bonds is 2. The lowest BCUT2D eigenvalue weighted by Gasteiger charge is -2.31. The molecule has 0 bridgehead atoms. The van der Waals surface area contributed by atoms with Crippen LogP contribution < -0.4 is 0 Å². The van der Waals surface area contributed by atoms with Crippen molar-refractivity contribution in [3.63, 3.8) is 0 Å². The zero-order valence-electron chi connectivity index (χ0n) is 8.28. The summed E-state index contributed by atoms with van der Waals surface area (Å²) < 4.78 is 0. The predicted octanol–water partition coefficient (Wildman–Crippen LogP) is 1.52. The monoisotopic (exact) mass is 198 g/mol. The highest BCUT2D eigenvalue weighted by Gasteiger charge is 2.39. The first-order chi connectivity index (χ1) is 6.38. The van der Waals surface area contributed by atoms with Crippen molar-refractivity contribution in [1.29, 1.82) is 0 Å². The van der Waals surface area contributed by atoms with E-state index >= 15 is 0 Å². The van der Waals surface area contributed by atoms with Crippen molar-refractivity contribution in [2.24, 2.45) is 11.3 Å². The summed E-state index contributed by atoms with van der Waals surface area (Å²) in [7, 11) is 0. The van der Waals surface area contributed by atoms with Gasteiger partial charge in [0, 0.05) is 0 Å². The Balaban J connectivity index is 2.96. The maximum atomic E-state index is 11.0. The summed E-state index contributed by atoms with van der Waals surface area (Å²) in [5.74, 6) is -2.28. The minimum Gasteiger partial charge on any atom is -0.481 e. The van der Waals surface area contributed by atoms with E-state index in [9.17, 15) is 9.59 Å². The fourth-order valence-corrected chi connectivity index (χ4v) is 1.68. The summed E-state index contributed by atoms with van der Waals surface area (Å²) in [6.45, 7) is 3.32. The Morgan fingerprint density at radius 1 is 1.50 bits per heavy atom. The molecular weight excluding hydrogens is 184 g/mol. The summed E-state index contributed by atoms with van der Waals surface area (Å²) in [6, 6.07) is 0. The Morgan fingerprint density at radius 3 is 2.43 bits per heavy atom. The molecule has 2 atom stereocenters. The van der Waals surface area contributed by atoms with E-state index in [-0.39, 0.29) is 0 Å². The maximum Gasteiger partial charge on any atom is 0.313 e. The average Bonchev–Trinajstić information content (AvgIpc) is 2.09. The highest BCUT2D eigenvalue weighted by molar-refractivity contribution is 5.80. The Morgan fingerprint density at radius 2 is 2.07 bits per heavy atom. The van der Waals surface area contributed by atoms with E-state index < -0.39 is 23.3 Å². The lowest BCUT2D eigenvalue weighted by molar-refractivity contribution is -0.148. The lowest BCUT2D eigenvalue weighted by atomic mass is 9.72. The third-order valence-electron chi connectivity index (χ3n) is 3.07. The molecule has 0 amide bonds. The minimum absolute atomic E-state index is 0.391. The van der Waals surface area contributed by atoms with Crippen LogP contribution in [0.25, 0.3) is 0 Å². The number of hydrogen-bond donors (Lipinski definition) is 2. The third kappa shape index (κ3) is 1.64. The minimum atomic E-state index is -0.883. The molecule has 1 aliphatic carbocycles. The molecule has 0 aliphatic heterocycles. The second-order valence-electron chi connectivity index (χ2n) is 3.97. The molecule has 0 spiro atoms. The van der Waals surface area contributed by atoms with Crippen LogP contribution in [0.3, 0.4) is 0 Å². The van der Waals surface area contributed by atoms with Crippen molar-refractivity contribution in [1.82, 2.24) is 0 Å². The molecule has 1 aliphatic rings. The Hall–Kier alpha value is -1.32. The summed E-state index contributed by atoms with van der Waals surface area (Å²) >= 11 is 0. The second kappa shape index (κ2) is 3.44. The van der Waals surface area contributed by atoms with Gasteiger partial charge in [0.05, 0.1) is 11.3 Å². The van der Waals surface area contributed by atoms with E-state index in [2.05, 4.69) is 0 Å². The van der Waals surface area contributed by atoms with Crippen LogP contribution in [-0.4, -0.2) is 22.2 Å². The molecule has 0 saturated heterocycles. The fourth-order valence-electron chi connectivity index (χ4n) is 1.68. The Bertz CT molecular complexity index is 305. The van der Waals surface area contributed by atoms with Crippen molar-refractivity contribution in [2.45, 2.75) is 26.7 Å². The molecule has 1 rings (SSSR count). The van der Waals surface area contributed by atoms with Crippen LogP contribution in [0.5, 0.6) is 0 Å². The smallest absolute Gasteiger partial charge is 0.313 e. The van der Waals surface area contributed by atoms with E-state index in [0.29, 0.717) is 18.4 Å². The standard InChI is InChI=1S/C10H14O4/c1-6-5-7(8(11)12)3-4-10(6,2)9(13)14/h5,7H,3-4H2,1-2H3,(H,11,12)(H,13,14). The van der Waals surface area contributed by atoms with Gasteiger partial charge in [0.25, 0.3) is 0 Å². The van der Waals surface area contributed by atoms with Crippen molar-refractivity contribution in [2.75, 3.05) is 0 Å². The molecule has 0 aromatic rings. The Kier molecular flexibility index (Phi) is 2.64. The number of carboxylic acids is 2. The summed E-state index contributed by atoms with van der Waals surface area (Å²) in [5.41, 5.74) is -0.241. The van der Waals surface area contributed by atoms with E-state index in [1.807, 2.05) is 0 Å². The molecule has 0 heterocycles. The highest BCUT2D eigenvalue weighted by atomic mass is 16.4. The molecular formula is C10H14O4. The van der Waals surface area contributed by atoms with Gasteiger partial charge in [0.15, 0.2) is 0 Å². The van der Waals surface area contributed by atoms with Crippen LogP contribution in [0, 0.1) is 11.3 Å². The largest absolute Gasteiger partial charge is 0.481 e. The predicted molar refractivity (Wildman–Crippen MR) is 49.9 cm³/mol. The third-order valence-corrected chi connectivity index (χ3v) is 3.07. The molecule has 0 fully saturated rings. The molecule has 4 nitrogen and oxygen atoms in total. The highest BCUT2D eigenvalue weighted by Crippen LogP contribution is 2.39. The van der Waals surface area contributed by atoms with Crippen molar-refractivity contribution in [3.8, 4) is 0 Å². The molecule has 4 heteroatoms. The normalized spacial score (nSPS) is 32.1. The molecule has 0 aromatic heterocycles. The van der Waals surface area contributed by atoms with Crippen LogP contribution in [0.1, 0.15) is 26.7 Å². The van der Waals surface area contributed by atoms with Gasteiger partial charge in [-0.05, 0) is 26.7 Å². The lowest BCUT2D eigenvalue weighted by Crippen LogP contribution is -2.34. The van der Waals surface area contributed by atoms with Crippen molar-refractivity contribution < 1.29 is 19.8 Å². The van der Waals surface area contributed by atoms with Crippen molar-refractivity contribution >= 4 is 11.9 Å². The summed E-state index contributed by atoms with van der Waals surface area (Å²) in [4.78, 5) is 21.7. The van der Waals surface area contributed by atoms with Crippen LogP contribution in [0.15, 0.2) is 11.6 Å². The number of carbonyl (C=O) groups is 2. The average molecular weight is 198 g/mol. The van der Waals surface area contributed by atoms with Gasteiger partial charge in [-0.15, -0.1) is 0 Å². The molecule has 0 saturated carbocycles. The first kappa shape index (κ1) is 10.8. The van der Waals surface area contributed by atoms with Gasteiger partial charge in [0.2, 0.25) is 0 Å². The maximum absolute atomic E-state index is 11.0. The van der Waals surface area contributed by atoms with Crippen LogP contribution in [0.2, 0.25) is 0 Å². The number of aliphatic carboxylic acids is 2. The molecule has 2 N–H and O–H groups in total. The van der Waals surface area contributed by atoms with E-state index in [4.69, 9.17) is 10.2 Å². The van der Waals surface area contributed by atoms with Crippen molar-refractivity contribution in [3.05, 3.63) is 11.6 Å². The number of hydrogen-bond acceptors (Lipinski definition) is 2. The first-order valence-electron chi connectivity index (χ1n) is 4.53. The van der Waals surface area contributed by atoms with Gasteiger partial charge in [-0.2, -0.15) is 0 Å². The Labute approximate surface area is 82.2 Å². The van der Waals surface area contributed by atoms with E-state index in [1.54, 1.807) is 19.9 Å². The molecule has 0 radical (unpaired) electrons. The topological polar surface area (TPSA) is 74.6 Å². The molecule has 14 heavy (non-hydrogen) atoms. The first-order valence-corrected chi connectivity index (χ1v) is 4.53. The fraction of sp³-hybridized carbons (Fsp3) is 0.600. The van der Waals surface area contributed by atoms with Gasteiger partial charge in [-0.1, -0.05) is 11.6 Å². The number of carboxylic acid groups (broad SMARTS) is 2. The van der Waals surface area contributed by atoms with Gasteiger partial charge < -0.3 is 10.2 Å². The van der Waals surface area contributed by atoms with Crippen LogP contribution >= 0.6 is 0 Å². The molecule has 0 aromatic carbocycles. The zero-order chi connectivity index (χ0) is 10.9. The van der Waals surface area contributed by atoms with E-state index in [0.717, 1.165) is 0 Å². The molecule has 2 unspecified atom stereocenters. The van der Waals surface area contributed by atoms with Gasteiger partial charge in [-0.25, -0.2) is 0 Å². The van der Waals surface area contributed by atoms with Gasteiger partial charge in [0.1, 0.15) is 0 Å². The van der Waals surface area contributed by atoms with Gasteiger partial charge in [-0.3, -0.25) is 9.59 Å². The molecule has 78 valence electrons.